The Kier molecular flexibility index (Phi) is 5.11. The van der Waals surface area contributed by atoms with Gasteiger partial charge in [0.2, 0.25) is 0 Å². The van der Waals surface area contributed by atoms with Crippen LogP contribution in [-0.4, -0.2) is 27.2 Å². The minimum Gasteiger partial charge on any atom is -0.199 e. The molecule has 4 rings (SSSR count). The molecule has 2 aromatic carbocycles. The summed E-state index contributed by atoms with van der Waals surface area (Å²) in [5, 5.41) is 7.98. The van der Waals surface area contributed by atoms with E-state index in [1.165, 1.54) is 6.20 Å². The second kappa shape index (κ2) is 7.44. The minimum absolute atomic E-state index is 0.155. The van der Waals surface area contributed by atoms with Crippen molar-refractivity contribution in [1.29, 1.82) is 0 Å². The first-order valence-electron chi connectivity index (χ1n) is 8.87. The molecule has 0 saturated carbocycles. The van der Waals surface area contributed by atoms with E-state index in [0.29, 0.717) is 12.1 Å². The van der Waals surface area contributed by atoms with Crippen LogP contribution in [0, 0.1) is 6.92 Å². The van der Waals surface area contributed by atoms with Gasteiger partial charge in [-0.2, -0.15) is 8.42 Å². The van der Waals surface area contributed by atoms with Crippen molar-refractivity contribution in [3.8, 4) is 11.3 Å². The molecule has 0 aliphatic heterocycles. The van der Waals surface area contributed by atoms with E-state index in [1.807, 2.05) is 43.3 Å². The van der Waals surface area contributed by atoms with Crippen LogP contribution in [-0.2, 0) is 10.0 Å². The largest absolute Gasteiger partial charge is 0.284 e. The number of nitrogens with zero attached hydrogens (tertiary/aromatic N) is 3. The number of aromatic nitrogens is 3. The van der Waals surface area contributed by atoms with Crippen molar-refractivity contribution in [1.82, 2.24) is 14.4 Å². The molecular formula is C21H17Cl2N3O2S. The zero-order chi connectivity index (χ0) is 20.6. The molecule has 1 aliphatic carbocycles. The molecule has 8 heteroatoms. The number of benzene rings is 2. The van der Waals surface area contributed by atoms with Crippen LogP contribution in [0.3, 0.4) is 0 Å². The van der Waals surface area contributed by atoms with Gasteiger partial charge in [0.1, 0.15) is 10.0 Å². The van der Waals surface area contributed by atoms with Crippen LogP contribution in [0.25, 0.3) is 16.8 Å². The summed E-state index contributed by atoms with van der Waals surface area (Å²) in [6.07, 6.45) is 7.33. The maximum atomic E-state index is 12.9. The topological polar surface area (TPSA) is 64.8 Å². The van der Waals surface area contributed by atoms with Crippen molar-refractivity contribution < 1.29 is 8.42 Å². The summed E-state index contributed by atoms with van der Waals surface area (Å²) >= 11 is 12.6. The lowest BCUT2D eigenvalue weighted by Gasteiger charge is -2.22. The molecule has 0 fully saturated rings. The second-order valence-corrected chi connectivity index (χ2v) is 10.2. The van der Waals surface area contributed by atoms with Gasteiger partial charge in [0.15, 0.2) is 0 Å². The van der Waals surface area contributed by atoms with Crippen LogP contribution in [0.2, 0.25) is 0 Å². The molecule has 5 nitrogen and oxygen atoms in total. The summed E-state index contributed by atoms with van der Waals surface area (Å²) in [6.45, 7) is 1.90. The van der Waals surface area contributed by atoms with Gasteiger partial charge in [0.25, 0.3) is 10.0 Å². The molecule has 1 heterocycles. The Morgan fingerprint density at radius 2 is 1.72 bits per heavy atom. The Morgan fingerprint density at radius 3 is 2.41 bits per heavy atom. The Hall–Kier alpha value is -2.41. The second-order valence-electron chi connectivity index (χ2n) is 6.83. The summed E-state index contributed by atoms with van der Waals surface area (Å²) in [6, 6.07) is 14.2. The number of hydrogen-bond acceptors (Lipinski definition) is 4. The van der Waals surface area contributed by atoms with Crippen LogP contribution in [0.15, 0.2) is 77.9 Å². The van der Waals surface area contributed by atoms with Gasteiger partial charge in [-0.25, -0.2) is 0 Å². The first kappa shape index (κ1) is 19.9. The van der Waals surface area contributed by atoms with Gasteiger partial charge in [-0.05, 0) is 36.3 Å². The summed E-state index contributed by atoms with van der Waals surface area (Å²) in [4.78, 5) is 0.155. The number of halogens is 2. The SMILES string of the molecule is Cc1ccc(S(=O)(=O)n2cc(-c3ccccc3C3=CC=CC(Cl)(Cl)C3)nn2)cc1. The first-order chi connectivity index (χ1) is 13.8. The highest BCUT2D eigenvalue weighted by Crippen LogP contribution is 2.40. The van der Waals surface area contributed by atoms with Gasteiger partial charge in [-0.15, -0.1) is 9.19 Å². The predicted octanol–water partition coefficient (Wildman–Crippen LogP) is 5.01. The Bertz CT molecular complexity index is 1230. The molecule has 0 saturated heterocycles. The first-order valence-corrected chi connectivity index (χ1v) is 11.1. The normalized spacial score (nSPS) is 15.9. The number of hydrogen-bond donors (Lipinski definition) is 0. The molecule has 0 unspecified atom stereocenters. The fourth-order valence-electron chi connectivity index (χ4n) is 3.16. The lowest BCUT2D eigenvalue weighted by atomic mass is 9.92. The predicted molar refractivity (Wildman–Crippen MR) is 115 cm³/mol. The van der Waals surface area contributed by atoms with Crippen LogP contribution in [0.1, 0.15) is 17.5 Å². The monoisotopic (exact) mass is 445 g/mol. The van der Waals surface area contributed by atoms with Crippen LogP contribution in [0.4, 0.5) is 0 Å². The summed E-state index contributed by atoms with van der Waals surface area (Å²) in [5.74, 6) is 0. The molecule has 0 atom stereocenters. The molecular weight excluding hydrogens is 429 g/mol. The van der Waals surface area contributed by atoms with Gasteiger partial charge in [0.05, 0.1) is 11.1 Å². The van der Waals surface area contributed by atoms with Gasteiger partial charge < -0.3 is 0 Å². The third-order valence-corrected chi connectivity index (χ3v) is 6.71. The van der Waals surface area contributed by atoms with Gasteiger partial charge in [0, 0.05) is 12.0 Å². The molecule has 0 spiro atoms. The summed E-state index contributed by atoms with van der Waals surface area (Å²) < 4.78 is 25.6. The number of rotatable bonds is 4. The van der Waals surface area contributed by atoms with Crippen molar-refractivity contribution >= 4 is 38.8 Å². The summed E-state index contributed by atoms with van der Waals surface area (Å²) in [5.41, 5.74) is 3.98. The maximum Gasteiger partial charge on any atom is 0.284 e. The number of allylic oxidation sites excluding steroid dienone is 4. The van der Waals surface area contributed by atoms with Crippen LogP contribution >= 0.6 is 23.2 Å². The average molecular weight is 446 g/mol. The Labute approximate surface area is 179 Å². The van der Waals surface area contributed by atoms with E-state index in [-0.39, 0.29) is 4.90 Å². The average Bonchev–Trinajstić information content (AvgIpc) is 3.18. The Morgan fingerprint density at radius 1 is 1.03 bits per heavy atom. The van der Waals surface area contributed by atoms with Crippen molar-refractivity contribution in [2.45, 2.75) is 22.6 Å². The standard InChI is InChI=1S/C21H17Cl2N3O2S/c1-15-8-10-17(11-9-15)29(27,28)26-14-20(24-25-26)19-7-3-2-6-18(19)16-5-4-12-21(22,23)13-16/h2-12,14H,13H2,1H3. The van der Waals surface area contributed by atoms with Gasteiger partial charge in [-0.3, -0.25) is 0 Å². The zero-order valence-electron chi connectivity index (χ0n) is 15.5. The minimum atomic E-state index is -3.82. The molecule has 29 heavy (non-hydrogen) atoms. The van der Waals surface area contributed by atoms with Crippen LogP contribution < -0.4 is 0 Å². The zero-order valence-corrected chi connectivity index (χ0v) is 17.8. The summed E-state index contributed by atoms with van der Waals surface area (Å²) in [7, 11) is -3.82. The molecule has 0 radical (unpaired) electrons. The fourth-order valence-corrected chi connectivity index (χ4v) is 4.66. The third-order valence-electron chi connectivity index (χ3n) is 4.65. The molecule has 1 aliphatic rings. The molecule has 0 bridgehead atoms. The highest BCUT2D eigenvalue weighted by Gasteiger charge is 2.27. The maximum absolute atomic E-state index is 12.9. The van der Waals surface area contributed by atoms with Gasteiger partial charge >= 0.3 is 0 Å². The quantitative estimate of drug-likeness (QED) is 0.529. The van der Waals surface area contributed by atoms with E-state index in [0.717, 1.165) is 26.4 Å². The van der Waals surface area contributed by atoms with Crippen molar-refractivity contribution in [3.05, 3.63) is 84.1 Å². The van der Waals surface area contributed by atoms with Crippen molar-refractivity contribution in [3.63, 3.8) is 0 Å². The highest BCUT2D eigenvalue weighted by molar-refractivity contribution is 7.89. The van der Waals surface area contributed by atoms with Crippen molar-refractivity contribution in [2.24, 2.45) is 0 Å². The Balaban J connectivity index is 1.74. The van der Waals surface area contributed by atoms with Gasteiger partial charge in [-0.1, -0.05) is 82.5 Å². The lowest BCUT2D eigenvalue weighted by Crippen LogP contribution is -2.13. The lowest BCUT2D eigenvalue weighted by molar-refractivity contribution is 0.577. The van der Waals surface area contributed by atoms with E-state index in [4.69, 9.17) is 23.2 Å². The molecule has 1 aromatic heterocycles. The van der Waals surface area contributed by atoms with E-state index >= 15 is 0 Å². The number of alkyl halides is 2. The highest BCUT2D eigenvalue weighted by atomic mass is 35.5. The fraction of sp³-hybridized carbons (Fsp3) is 0.143. The number of aryl methyl sites for hydroxylation is 1. The molecule has 0 N–H and O–H groups in total. The smallest absolute Gasteiger partial charge is 0.199 e. The van der Waals surface area contributed by atoms with E-state index in [9.17, 15) is 8.42 Å². The van der Waals surface area contributed by atoms with Crippen LogP contribution in [0.5, 0.6) is 0 Å². The molecule has 148 valence electrons. The van der Waals surface area contributed by atoms with E-state index in [2.05, 4.69) is 10.3 Å². The van der Waals surface area contributed by atoms with E-state index in [1.54, 1.807) is 30.3 Å². The van der Waals surface area contributed by atoms with E-state index < -0.39 is 14.4 Å². The molecule has 3 aromatic rings. The third kappa shape index (κ3) is 4.01. The van der Waals surface area contributed by atoms with Crippen molar-refractivity contribution in [2.75, 3.05) is 0 Å². The molecule has 0 amide bonds.